The van der Waals surface area contributed by atoms with E-state index in [0.29, 0.717) is 0 Å². The molecule has 2 aliphatic rings. The maximum Gasteiger partial charge on any atom is 2.00 e. The summed E-state index contributed by atoms with van der Waals surface area (Å²) in [7, 11) is 0. The van der Waals surface area contributed by atoms with Crippen LogP contribution in [0, 0.1) is 77.2 Å². The summed E-state index contributed by atoms with van der Waals surface area (Å²) < 4.78 is 0. The predicted octanol–water partition coefficient (Wildman–Crippen LogP) is 4.80. The van der Waals surface area contributed by atoms with Gasteiger partial charge in [0.15, 0.2) is 0 Å². The summed E-state index contributed by atoms with van der Waals surface area (Å²) in [6.45, 7) is 8.02. The molecule has 0 bridgehead atoms. The first kappa shape index (κ1) is 21.9. The van der Waals surface area contributed by atoms with Crippen molar-refractivity contribution in [1.82, 2.24) is 0 Å². The van der Waals surface area contributed by atoms with Crippen molar-refractivity contribution in [3.63, 3.8) is 0 Å². The second-order valence-corrected chi connectivity index (χ2v) is 3.66. The zero-order valence-electron chi connectivity index (χ0n) is 12.1. The fraction of sp³-hybridized carbons (Fsp3) is 0.278. The second-order valence-electron chi connectivity index (χ2n) is 3.66. The van der Waals surface area contributed by atoms with Gasteiger partial charge in [0.2, 0.25) is 0 Å². The third-order valence-electron chi connectivity index (χ3n) is 2.27. The van der Waals surface area contributed by atoms with Crippen LogP contribution in [0.3, 0.4) is 0 Å². The minimum Gasteiger partial charge on any atom is -0.500 e. The van der Waals surface area contributed by atoms with E-state index in [4.69, 9.17) is 0 Å². The van der Waals surface area contributed by atoms with Gasteiger partial charge in [-0.2, -0.15) is 12.8 Å². The monoisotopic (exact) mass is 330 g/mol. The first-order valence-corrected chi connectivity index (χ1v) is 6.56. The third-order valence-corrected chi connectivity index (χ3v) is 2.27. The molecule has 0 amide bonds. The molecule has 0 heterocycles. The Morgan fingerprint density at radius 3 is 1.21 bits per heavy atom. The zero-order chi connectivity index (χ0) is 13.5. The van der Waals surface area contributed by atoms with E-state index in [2.05, 4.69) is 26.8 Å². The van der Waals surface area contributed by atoms with E-state index >= 15 is 0 Å². The topological polar surface area (TPSA) is 0 Å². The van der Waals surface area contributed by atoms with Gasteiger partial charge in [-0.25, -0.2) is 0 Å². The molecule has 0 aromatic carbocycles. The van der Waals surface area contributed by atoms with E-state index in [9.17, 15) is 0 Å². The molecular formula is C18H24Zr. The van der Waals surface area contributed by atoms with Crippen LogP contribution in [-0.4, -0.2) is 0 Å². The molecule has 0 N–H and O–H groups in total. The molecule has 1 heteroatoms. The molecule has 19 heavy (non-hydrogen) atoms. The van der Waals surface area contributed by atoms with Crippen molar-refractivity contribution in [1.29, 1.82) is 0 Å². The van der Waals surface area contributed by atoms with Gasteiger partial charge in [0, 0.05) is 0 Å². The quantitative estimate of drug-likeness (QED) is 0.652. The van der Waals surface area contributed by atoms with E-state index < -0.39 is 0 Å². The molecule has 0 atom stereocenters. The molecule has 0 unspecified atom stereocenters. The minimum absolute atomic E-state index is 0. The van der Waals surface area contributed by atoms with Crippen LogP contribution in [0.4, 0.5) is 0 Å². The number of allylic oxidation sites excluding steroid dienone is 2. The maximum absolute atomic E-state index is 3.78. The van der Waals surface area contributed by atoms with Crippen molar-refractivity contribution in [2.45, 2.75) is 33.1 Å². The van der Waals surface area contributed by atoms with E-state index in [1.54, 1.807) is 0 Å². The van der Waals surface area contributed by atoms with Crippen LogP contribution in [0.1, 0.15) is 33.1 Å². The van der Waals surface area contributed by atoms with Crippen molar-refractivity contribution in [2.24, 2.45) is 0 Å². The Labute approximate surface area is 142 Å². The molecule has 100 valence electrons. The SMILES string of the molecule is [CH2-]CC(=[C-]CC)CC.[CH]1[CH][CH][CH][CH]1.[CH]1[CH][CH][CH][CH]1.[Zr+2]. The van der Waals surface area contributed by atoms with Crippen molar-refractivity contribution in [3.8, 4) is 0 Å². The van der Waals surface area contributed by atoms with Gasteiger partial charge in [-0.05, 0) is 64.2 Å². The van der Waals surface area contributed by atoms with Gasteiger partial charge in [-0.3, -0.25) is 5.57 Å². The van der Waals surface area contributed by atoms with Crippen LogP contribution in [0.2, 0.25) is 0 Å². The Balaban J connectivity index is 0. The molecule has 2 saturated carbocycles. The summed E-state index contributed by atoms with van der Waals surface area (Å²) in [6.07, 6.45) is 26.3. The minimum atomic E-state index is 0. The van der Waals surface area contributed by atoms with E-state index in [1.165, 1.54) is 5.57 Å². The van der Waals surface area contributed by atoms with Gasteiger partial charge in [0.25, 0.3) is 0 Å². The first-order valence-electron chi connectivity index (χ1n) is 6.56. The fourth-order valence-electron chi connectivity index (χ4n) is 1.28. The average molecular weight is 332 g/mol. The Bertz CT molecular complexity index is 145. The average Bonchev–Trinajstić information content (AvgIpc) is 3.13. The van der Waals surface area contributed by atoms with Crippen LogP contribution in [-0.2, 0) is 26.2 Å². The van der Waals surface area contributed by atoms with Gasteiger partial charge in [-0.15, -0.1) is 0 Å². The van der Waals surface area contributed by atoms with Crippen molar-refractivity contribution < 1.29 is 26.2 Å². The van der Waals surface area contributed by atoms with Crippen molar-refractivity contribution in [2.75, 3.05) is 0 Å². The van der Waals surface area contributed by atoms with Crippen molar-refractivity contribution >= 4 is 0 Å². The Kier molecular flexibility index (Phi) is 21.5. The van der Waals surface area contributed by atoms with Crippen LogP contribution in [0.5, 0.6) is 0 Å². The molecule has 10 radical (unpaired) electrons. The molecule has 0 aromatic heterocycles. The largest absolute Gasteiger partial charge is 2.00 e. The van der Waals surface area contributed by atoms with Crippen LogP contribution < -0.4 is 0 Å². The summed E-state index contributed by atoms with van der Waals surface area (Å²) in [6, 6.07) is 0. The molecular weight excluding hydrogens is 307 g/mol. The Hall–Kier alpha value is 0.623. The summed E-state index contributed by atoms with van der Waals surface area (Å²) in [5.74, 6) is 0. The van der Waals surface area contributed by atoms with Gasteiger partial charge in [0.05, 0.1) is 0 Å². The number of rotatable bonds is 3. The molecule has 0 spiro atoms. The Morgan fingerprint density at radius 1 is 0.789 bits per heavy atom. The predicted molar refractivity (Wildman–Crippen MR) is 80.3 cm³/mol. The van der Waals surface area contributed by atoms with Gasteiger partial charge < -0.3 is 13.0 Å². The molecule has 0 aliphatic heterocycles. The number of hydrogen-bond donors (Lipinski definition) is 0. The Morgan fingerprint density at radius 2 is 1.11 bits per heavy atom. The third kappa shape index (κ3) is 16.6. The number of hydrogen-bond acceptors (Lipinski definition) is 0. The molecule has 0 nitrogen and oxygen atoms in total. The molecule has 2 rings (SSSR count). The zero-order valence-corrected chi connectivity index (χ0v) is 14.6. The van der Waals surface area contributed by atoms with Crippen LogP contribution in [0.15, 0.2) is 5.57 Å². The molecule has 2 aliphatic carbocycles. The van der Waals surface area contributed by atoms with Gasteiger partial charge >= 0.3 is 26.2 Å². The maximum atomic E-state index is 3.78. The van der Waals surface area contributed by atoms with Crippen molar-refractivity contribution in [3.05, 3.63) is 82.8 Å². The first-order chi connectivity index (χ1) is 8.85. The summed E-state index contributed by atoms with van der Waals surface area (Å²) in [5.41, 5.74) is 1.35. The summed E-state index contributed by atoms with van der Waals surface area (Å²) in [5, 5.41) is 0. The van der Waals surface area contributed by atoms with Crippen LogP contribution >= 0.6 is 0 Å². The smallest absolute Gasteiger partial charge is 0.500 e. The van der Waals surface area contributed by atoms with E-state index in [1.807, 2.05) is 64.2 Å². The van der Waals surface area contributed by atoms with Gasteiger partial charge in [0.1, 0.15) is 0 Å². The van der Waals surface area contributed by atoms with Crippen LogP contribution in [0.25, 0.3) is 0 Å². The summed E-state index contributed by atoms with van der Waals surface area (Å²) >= 11 is 0. The normalized spacial score (nSPS) is 17.7. The molecule has 0 saturated heterocycles. The molecule has 2 fully saturated rings. The van der Waals surface area contributed by atoms with E-state index in [0.717, 1.165) is 19.3 Å². The summed E-state index contributed by atoms with van der Waals surface area (Å²) in [4.78, 5) is 0. The van der Waals surface area contributed by atoms with E-state index in [-0.39, 0.29) is 26.2 Å². The molecule has 0 aromatic rings. The van der Waals surface area contributed by atoms with Gasteiger partial charge in [-0.1, -0.05) is 20.3 Å². The standard InChI is InChI=1S/C8H14.2C5H5.Zr/c1-4-7-8(5-2)6-3;2*1-2-4-5-3-1;/h2,4-6H2,1,3H3;2*1-5H;/q-2;;;+2. The fourth-order valence-corrected chi connectivity index (χ4v) is 1.28. The second kappa shape index (κ2) is 18.6.